The second-order valence-corrected chi connectivity index (χ2v) is 5.11. The topological polar surface area (TPSA) is 36.4 Å². The molecule has 1 aliphatic heterocycles. The minimum atomic E-state index is -0.216. The third-order valence-corrected chi connectivity index (χ3v) is 3.32. The van der Waals surface area contributed by atoms with Crippen LogP contribution < -0.4 is 4.90 Å². The Balaban J connectivity index is 2.37. The number of aliphatic hydroxyl groups is 1. The van der Waals surface area contributed by atoms with E-state index in [-0.39, 0.29) is 12.0 Å². The van der Waals surface area contributed by atoms with Crippen molar-refractivity contribution in [2.24, 2.45) is 0 Å². The van der Waals surface area contributed by atoms with E-state index < -0.39 is 0 Å². The summed E-state index contributed by atoms with van der Waals surface area (Å²) >= 11 is 0. The Kier molecular flexibility index (Phi) is 3.15. The van der Waals surface area contributed by atoms with Gasteiger partial charge in [0.15, 0.2) is 0 Å². The van der Waals surface area contributed by atoms with Crippen molar-refractivity contribution in [1.29, 1.82) is 0 Å². The van der Waals surface area contributed by atoms with E-state index in [0.717, 1.165) is 24.5 Å². The van der Waals surface area contributed by atoms with Gasteiger partial charge in [-0.1, -0.05) is 19.9 Å². The molecule has 0 amide bonds. The summed E-state index contributed by atoms with van der Waals surface area (Å²) in [7, 11) is 0. The average molecular weight is 220 g/mol. The Morgan fingerprint density at radius 3 is 2.69 bits per heavy atom. The molecule has 1 fully saturated rings. The molecule has 0 saturated carbocycles. The van der Waals surface area contributed by atoms with Crippen LogP contribution in [0.2, 0.25) is 0 Å². The molecule has 16 heavy (non-hydrogen) atoms. The molecule has 2 rings (SSSR count). The van der Waals surface area contributed by atoms with E-state index in [1.165, 1.54) is 12.8 Å². The van der Waals surface area contributed by atoms with Crippen LogP contribution in [0.3, 0.4) is 0 Å². The fourth-order valence-electron chi connectivity index (χ4n) is 2.19. The van der Waals surface area contributed by atoms with E-state index in [1.807, 2.05) is 12.3 Å². The SMILES string of the molecule is CC(C)(CO)c1cccnc1N1CCCC1. The number of anilines is 1. The maximum Gasteiger partial charge on any atom is 0.132 e. The summed E-state index contributed by atoms with van der Waals surface area (Å²) in [5, 5.41) is 9.47. The van der Waals surface area contributed by atoms with Gasteiger partial charge in [0.25, 0.3) is 0 Å². The molecule has 3 nitrogen and oxygen atoms in total. The van der Waals surface area contributed by atoms with Gasteiger partial charge in [0.05, 0.1) is 6.61 Å². The molecule has 0 aliphatic carbocycles. The van der Waals surface area contributed by atoms with E-state index in [0.29, 0.717) is 0 Å². The number of pyridine rings is 1. The van der Waals surface area contributed by atoms with Crippen LogP contribution in [0.15, 0.2) is 18.3 Å². The largest absolute Gasteiger partial charge is 0.395 e. The van der Waals surface area contributed by atoms with E-state index in [2.05, 4.69) is 29.8 Å². The first kappa shape index (κ1) is 11.4. The van der Waals surface area contributed by atoms with Crippen LogP contribution in [0.5, 0.6) is 0 Å². The smallest absolute Gasteiger partial charge is 0.132 e. The number of hydrogen-bond donors (Lipinski definition) is 1. The summed E-state index contributed by atoms with van der Waals surface area (Å²) < 4.78 is 0. The minimum Gasteiger partial charge on any atom is -0.395 e. The van der Waals surface area contributed by atoms with Crippen molar-refractivity contribution < 1.29 is 5.11 Å². The predicted molar refractivity (Wildman–Crippen MR) is 65.8 cm³/mol. The summed E-state index contributed by atoms with van der Waals surface area (Å²) in [5.41, 5.74) is 0.936. The van der Waals surface area contributed by atoms with Crippen LogP contribution in [-0.2, 0) is 5.41 Å². The van der Waals surface area contributed by atoms with Gasteiger partial charge in [0.2, 0.25) is 0 Å². The summed E-state index contributed by atoms with van der Waals surface area (Å²) in [4.78, 5) is 6.82. The summed E-state index contributed by atoms with van der Waals surface area (Å²) in [6.45, 7) is 6.45. The van der Waals surface area contributed by atoms with E-state index in [1.54, 1.807) is 0 Å². The second kappa shape index (κ2) is 4.42. The molecule has 1 aliphatic rings. The average Bonchev–Trinajstić information content (AvgIpc) is 2.82. The van der Waals surface area contributed by atoms with Crippen molar-refractivity contribution in [3.63, 3.8) is 0 Å². The zero-order chi connectivity index (χ0) is 11.6. The van der Waals surface area contributed by atoms with Crippen molar-refractivity contribution >= 4 is 5.82 Å². The Labute approximate surface area is 97.1 Å². The Bertz CT molecular complexity index is 357. The predicted octanol–water partition coefficient (Wildman–Crippen LogP) is 1.95. The normalized spacial score (nSPS) is 16.8. The molecule has 2 heterocycles. The molecule has 88 valence electrons. The summed E-state index contributed by atoms with van der Waals surface area (Å²) in [6.07, 6.45) is 4.33. The van der Waals surface area contributed by atoms with E-state index >= 15 is 0 Å². The molecule has 3 heteroatoms. The molecule has 0 spiro atoms. The van der Waals surface area contributed by atoms with Gasteiger partial charge in [-0.3, -0.25) is 0 Å². The lowest BCUT2D eigenvalue weighted by Gasteiger charge is -2.28. The maximum atomic E-state index is 9.47. The molecule has 0 aromatic carbocycles. The number of nitrogens with zero attached hydrogens (tertiary/aromatic N) is 2. The molecular weight excluding hydrogens is 200 g/mol. The maximum absolute atomic E-state index is 9.47. The van der Waals surface area contributed by atoms with Crippen LogP contribution >= 0.6 is 0 Å². The quantitative estimate of drug-likeness (QED) is 0.846. The van der Waals surface area contributed by atoms with Gasteiger partial charge in [-0.2, -0.15) is 0 Å². The van der Waals surface area contributed by atoms with Gasteiger partial charge in [0.1, 0.15) is 5.82 Å². The number of aliphatic hydroxyl groups excluding tert-OH is 1. The first-order valence-corrected chi connectivity index (χ1v) is 5.96. The first-order chi connectivity index (χ1) is 7.65. The Morgan fingerprint density at radius 2 is 2.06 bits per heavy atom. The van der Waals surface area contributed by atoms with Crippen LogP contribution in [-0.4, -0.2) is 29.8 Å². The van der Waals surface area contributed by atoms with Gasteiger partial charge < -0.3 is 10.0 Å². The highest BCUT2D eigenvalue weighted by atomic mass is 16.3. The molecule has 0 atom stereocenters. The van der Waals surface area contributed by atoms with Crippen molar-refractivity contribution in [3.8, 4) is 0 Å². The van der Waals surface area contributed by atoms with Gasteiger partial charge in [-0.05, 0) is 18.9 Å². The summed E-state index contributed by atoms with van der Waals surface area (Å²) in [5.74, 6) is 1.05. The number of rotatable bonds is 3. The monoisotopic (exact) mass is 220 g/mol. The third-order valence-electron chi connectivity index (χ3n) is 3.32. The zero-order valence-electron chi connectivity index (χ0n) is 10.1. The number of hydrogen-bond acceptors (Lipinski definition) is 3. The lowest BCUT2D eigenvalue weighted by molar-refractivity contribution is 0.218. The van der Waals surface area contributed by atoms with Crippen molar-refractivity contribution in [3.05, 3.63) is 23.9 Å². The van der Waals surface area contributed by atoms with Crippen molar-refractivity contribution in [2.45, 2.75) is 32.1 Å². The van der Waals surface area contributed by atoms with Crippen molar-refractivity contribution in [2.75, 3.05) is 24.6 Å². The van der Waals surface area contributed by atoms with Crippen LogP contribution in [0.4, 0.5) is 5.82 Å². The highest BCUT2D eigenvalue weighted by Gasteiger charge is 2.26. The molecule has 1 aromatic heterocycles. The van der Waals surface area contributed by atoms with Gasteiger partial charge in [0, 0.05) is 30.3 Å². The highest BCUT2D eigenvalue weighted by molar-refractivity contribution is 5.51. The fourth-order valence-corrected chi connectivity index (χ4v) is 2.19. The van der Waals surface area contributed by atoms with Gasteiger partial charge >= 0.3 is 0 Å². The van der Waals surface area contributed by atoms with Gasteiger partial charge in [-0.25, -0.2) is 4.98 Å². The molecular formula is C13H20N2O. The standard InChI is InChI=1S/C13H20N2O/c1-13(2,10-16)11-6-5-7-14-12(11)15-8-3-4-9-15/h5-7,16H,3-4,8-10H2,1-2H3. The molecule has 0 unspecified atom stereocenters. The van der Waals surface area contributed by atoms with E-state index in [9.17, 15) is 5.11 Å². The zero-order valence-corrected chi connectivity index (χ0v) is 10.1. The molecule has 1 aromatic rings. The molecule has 1 saturated heterocycles. The lowest BCUT2D eigenvalue weighted by Crippen LogP contribution is -2.28. The highest BCUT2D eigenvalue weighted by Crippen LogP contribution is 2.31. The van der Waals surface area contributed by atoms with Crippen LogP contribution in [0.1, 0.15) is 32.3 Å². The lowest BCUT2D eigenvalue weighted by atomic mass is 9.85. The number of aromatic nitrogens is 1. The summed E-state index contributed by atoms with van der Waals surface area (Å²) in [6, 6.07) is 4.03. The fraction of sp³-hybridized carbons (Fsp3) is 0.615. The minimum absolute atomic E-state index is 0.152. The molecule has 0 bridgehead atoms. The van der Waals surface area contributed by atoms with E-state index in [4.69, 9.17) is 0 Å². The Hall–Kier alpha value is -1.09. The van der Waals surface area contributed by atoms with Crippen LogP contribution in [0, 0.1) is 0 Å². The molecule has 0 radical (unpaired) electrons. The Morgan fingerprint density at radius 1 is 1.38 bits per heavy atom. The first-order valence-electron chi connectivity index (χ1n) is 5.96. The molecule has 1 N–H and O–H groups in total. The second-order valence-electron chi connectivity index (χ2n) is 5.11. The van der Waals surface area contributed by atoms with Gasteiger partial charge in [-0.15, -0.1) is 0 Å². The van der Waals surface area contributed by atoms with Crippen molar-refractivity contribution in [1.82, 2.24) is 4.98 Å². The third kappa shape index (κ3) is 2.05. The van der Waals surface area contributed by atoms with Crippen LogP contribution in [0.25, 0.3) is 0 Å².